The average Bonchev–Trinajstić information content (AvgIpc) is 3.10. The number of hydrogen-bond acceptors (Lipinski definition) is 4. The van der Waals surface area contributed by atoms with E-state index in [1.165, 1.54) is 41.2 Å². The van der Waals surface area contributed by atoms with Crippen molar-refractivity contribution in [1.29, 1.82) is 0 Å². The number of ether oxygens (including phenoxy) is 1. The maximum atomic E-state index is 12.2. The van der Waals surface area contributed by atoms with Crippen molar-refractivity contribution < 1.29 is 18.3 Å². The Balaban J connectivity index is 1.67. The van der Waals surface area contributed by atoms with Crippen LogP contribution in [0.5, 0.6) is 5.75 Å². The van der Waals surface area contributed by atoms with Gasteiger partial charge in [0.05, 0.1) is 5.69 Å². The number of aromatic nitrogens is 1. The lowest BCUT2D eigenvalue weighted by atomic mass is 10.1. The van der Waals surface area contributed by atoms with Gasteiger partial charge < -0.3 is 4.74 Å². The van der Waals surface area contributed by atoms with Gasteiger partial charge in [0, 0.05) is 16.5 Å². The Morgan fingerprint density at radius 3 is 2.46 bits per heavy atom. The van der Waals surface area contributed by atoms with Crippen molar-refractivity contribution >= 4 is 22.4 Å². The van der Waals surface area contributed by atoms with Crippen molar-refractivity contribution in [2.45, 2.75) is 20.0 Å². The Morgan fingerprint density at radius 1 is 1.15 bits per heavy atom. The van der Waals surface area contributed by atoms with Gasteiger partial charge in [0.15, 0.2) is 5.13 Å². The molecular formula is C19H16F2N2O2S. The zero-order valence-corrected chi connectivity index (χ0v) is 14.7. The zero-order valence-electron chi connectivity index (χ0n) is 13.9. The van der Waals surface area contributed by atoms with Gasteiger partial charge in [0.25, 0.3) is 5.91 Å². The summed E-state index contributed by atoms with van der Waals surface area (Å²) in [5.74, 6) is -0.362. The fraction of sp³-hybridized carbons (Fsp3) is 0.158. The van der Waals surface area contributed by atoms with Crippen LogP contribution in [0.15, 0.2) is 53.9 Å². The number of amides is 1. The van der Waals surface area contributed by atoms with E-state index in [4.69, 9.17) is 0 Å². The summed E-state index contributed by atoms with van der Waals surface area (Å²) in [4.78, 5) is 16.7. The third kappa shape index (κ3) is 4.43. The number of benzene rings is 2. The molecule has 0 aliphatic carbocycles. The maximum absolute atomic E-state index is 12.2. The number of anilines is 1. The van der Waals surface area contributed by atoms with E-state index in [-0.39, 0.29) is 11.7 Å². The highest BCUT2D eigenvalue weighted by Crippen LogP contribution is 2.26. The molecule has 0 saturated carbocycles. The van der Waals surface area contributed by atoms with Crippen LogP contribution in [0.2, 0.25) is 0 Å². The van der Waals surface area contributed by atoms with Crippen LogP contribution in [-0.2, 0) is 6.42 Å². The average molecular weight is 374 g/mol. The van der Waals surface area contributed by atoms with Gasteiger partial charge in [-0.15, -0.1) is 11.3 Å². The van der Waals surface area contributed by atoms with Crippen molar-refractivity contribution in [1.82, 2.24) is 4.98 Å². The van der Waals surface area contributed by atoms with Gasteiger partial charge in [0.1, 0.15) is 5.75 Å². The second-order valence-corrected chi connectivity index (χ2v) is 6.30. The van der Waals surface area contributed by atoms with Crippen LogP contribution in [0, 0.1) is 0 Å². The van der Waals surface area contributed by atoms with Crippen LogP contribution in [0.4, 0.5) is 13.9 Å². The zero-order chi connectivity index (χ0) is 18.5. The smallest absolute Gasteiger partial charge is 0.387 e. The molecule has 1 heterocycles. The minimum Gasteiger partial charge on any atom is -0.435 e. The molecule has 3 aromatic rings. The largest absolute Gasteiger partial charge is 0.435 e. The topological polar surface area (TPSA) is 51.2 Å². The minimum atomic E-state index is -2.89. The van der Waals surface area contributed by atoms with Gasteiger partial charge in [-0.1, -0.05) is 31.2 Å². The van der Waals surface area contributed by atoms with Crippen LogP contribution in [0.3, 0.4) is 0 Å². The summed E-state index contributed by atoms with van der Waals surface area (Å²) in [5.41, 5.74) is 3.34. The molecular weight excluding hydrogens is 358 g/mol. The Labute approximate surface area is 153 Å². The molecule has 1 N–H and O–H groups in total. The van der Waals surface area contributed by atoms with E-state index in [0.717, 1.165) is 17.7 Å². The summed E-state index contributed by atoms with van der Waals surface area (Å²) in [6.45, 7) is -0.799. The van der Waals surface area contributed by atoms with E-state index in [1.807, 2.05) is 17.5 Å². The first kappa shape index (κ1) is 18.0. The summed E-state index contributed by atoms with van der Waals surface area (Å²) in [6.07, 6.45) is 0.972. The number of carbonyl (C=O) groups excluding carboxylic acids is 1. The highest BCUT2D eigenvalue weighted by Gasteiger charge is 2.11. The van der Waals surface area contributed by atoms with E-state index >= 15 is 0 Å². The molecule has 0 unspecified atom stereocenters. The van der Waals surface area contributed by atoms with Gasteiger partial charge in [-0.25, -0.2) is 4.98 Å². The van der Waals surface area contributed by atoms with Crippen LogP contribution < -0.4 is 10.1 Å². The van der Waals surface area contributed by atoms with Gasteiger partial charge in [-0.05, 0) is 36.2 Å². The molecule has 26 heavy (non-hydrogen) atoms. The highest BCUT2D eigenvalue weighted by atomic mass is 32.1. The Bertz CT molecular complexity index is 877. The Kier molecular flexibility index (Phi) is 5.58. The van der Waals surface area contributed by atoms with Gasteiger partial charge in [0.2, 0.25) is 0 Å². The molecule has 4 nitrogen and oxygen atoms in total. The predicted octanol–water partition coefficient (Wildman–Crippen LogP) is 5.23. The standard InChI is InChI=1S/C19H16F2N2O2S/c1-2-12-3-5-13(6-4-12)16-11-26-19(22-16)23-17(24)14-7-9-15(10-8-14)25-18(20)21/h3-11,18H,2H2,1H3,(H,22,23,24). The second kappa shape index (κ2) is 8.05. The Hall–Kier alpha value is -2.80. The quantitative estimate of drug-likeness (QED) is 0.643. The van der Waals surface area contributed by atoms with Gasteiger partial charge in [-0.2, -0.15) is 8.78 Å². The lowest BCUT2D eigenvalue weighted by Crippen LogP contribution is -2.11. The molecule has 1 aromatic heterocycles. The third-order valence-corrected chi connectivity index (χ3v) is 4.48. The number of alkyl halides is 2. The van der Waals surface area contributed by atoms with Gasteiger partial charge >= 0.3 is 6.61 Å². The van der Waals surface area contributed by atoms with Gasteiger partial charge in [-0.3, -0.25) is 10.1 Å². The first-order valence-electron chi connectivity index (χ1n) is 7.96. The van der Waals surface area contributed by atoms with Crippen molar-refractivity contribution in [3.05, 3.63) is 65.0 Å². The third-order valence-electron chi connectivity index (χ3n) is 3.72. The molecule has 0 fully saturated rings. The fourth-order valence-corrected chi connectivity index (χ4v) is 3.05. The van der Waals surface area contributed by atoms with E-state index in [2.05, 4.69) is 34.1 Å². The maximum Gasteiger partial charge on any atom is 0.387 e. The summed E-state index contributed by atoms with van der Waals surface area (Å²) >= 11 is 1.32. The number of nitrogens with zero attached hydrogens (tertiary/aromatic N) is 1. The SMILES string of the molecule is CCc1ccc(-c2csc(NC(=O)c3ccc(OC(F)F)cc3)n2)cc1. The number of carbonyl (C=O) groups is 1. The first-order valence-corrected chi connectivity index (χ1v) is 8.84. The van der Waals surface area contributed by atoms with Crippen molar-refractivity contribution in [3.63, 3.8) is 0 Å². The number of hydrogen-bond donors (Lipinski definition) is 1. The van der Waals surface area contributed by atoms with Crippen LogP contribution in [0.25, 0.3) is 11.3 Å². The number of thiazole rings is 1. The Morgan fingerprint density at radius 2 is 1.85 bits per heavy atom. The molecule has 3 rings (SSSR count). The molecule has 1 amide bonds. The van der Waals surface area contributed by atoms with Crippen molar-refractivity contribution in [3.8, 4) is 17.0 Å². The second-order valence-electron chi connectivity index (χ2n) is 5.45. The monoisotopic (exact) mass is 374 g/mol. The fourth-order valence-electron chi connectivity index (χ4n) is 2.33. The number of rotatable bonds is 6. The van der Waals surface area contributed by atoms with Crippen molar-refractivity contribution in [2.75, 3.05) is 5.32 Å². The summed E-state index contributed by atoms with van der Waals surface area (Å²) < 4.78 is 28.5. The van der Waals surface area contributed by atoms with E-state index in [9.17, 15) is 13.6 Å². The lowest BCUT2D eigenvalue weighted by Gasteiger charge is -2.05. The molecule has 0 spiro atoms. The molecule has 2 aromatic carbocycles. The summed E-state index contributed by atoms with van der Waals surface area (Å²) in [7, 11) is 0. The molecule has 0 atom stereocenters. The first-order chi connectivity index (χ1) is 12.5. The molecule has 0 bridgehead atoms. The number of halogens is 2. The molecule has 0 saturated heterocycles. The lowest BCUT2D eigenvalue weighted by molar-refractivity contribution is -0.0498. The van der Waals surface area contributed by atoms with E-state index < -0.39 is 6.61 Å². The van der Waals surface area contributed by atoms with E-state index in [1.54, 1.807) is 0 Å². The normalized spacial score (nSPS) is 10.8. The van der Waals surface area contributed by atoms with Crippen LogP contribution >= 0.6 is 11.3 Å². The molecule has 134 valence electrons. The highest BCUT2D eigenvalue weighted by molar-refractivity contribution is 7.14. The van der Waals surface area contributed by atoms with Crippen molar-refractivity contribution in [2.24, 2.45) is 0 Å². The summed E-state index contributed by atoms with van der Waals surface area (Å²) in [6, 6.07) is 13.6. The predicted molar refractivity (Wildman–Crippen MR) is 98.0 cm³/mol. The van der Waals surface area contributed by atoms with Crippen LogP contribution in [-0.4, -0.2) is 17.5 Å². The molecule has 0 radical (unpaired) electrons. The molecule has 7 heteroatoms. The minimum absolute atomic E-state index is 0.00334. The number of aryl methyl sites for hydroxylation is 1. The number of nitrogens with one attached hydrogen (secondary N) is 1. The molecule has 0 aliphatic rings. The molecule has 0 aliphatic heterocycles. The van der Waals surface area contributed by atoms with E-state index in [0.29, 0.717) is 10.7 Å². The van der Waals surface area contributed by atoms with Crippen LogP contribution in [0.1, 0.15) is 22.8 Å². The summed E-state index contributed by atoms with van der Waals surface area (Å²) in [5, 5.41) is 5.05.